The number of ketones is 1. The number of Topliss-reactive ketones (excluding diaryl/α,β-unsaturated/α-hetero) is 1. The monoisotopic (exact) mass is 263 g/mol. The zero-order chi connectivity index (χ0) is 12.7. The molecule has 6 heteroatoms. The molecule has 1 aliphatic rings. The molecule has 1 heterocycles. The SMILES string of the molecule is CC(=O)CCCCCN(C)CP1(=O)OCCO1. The van der Waals surface area contributed by atoms with Crippen molar-refractivity contribution in [3.05, 3.63) is 0 Å². The predicted octanol–water partition coefficient (Wildman–Crippen LogP) is 2.27. The first-order valence-corrected chi connectivity index (χ1v) is 7.81. The lowest BCUT2D eigenvalue weighted by Crippen LogP contribution is -2.21. The fourth-order valence-corrected chi connectivity index (χ4v) is 3.45. The van der Waals surface area contributed by atoms with E-state index in [1.165, 1.54) is 0 Å². The molecule has 1 fully saturated rings. The molecule has 0 spiro atoms. The summed E-state index contributed by atoms with van der Waals surface area (Å²) >= 11 is 0. The van der Waals surface area contributed by atoms with E-state index in [0.29, 0.717) is 25.9 Å². The maximum Gasteiger partial charge on any atom is 0.344 e. The number of rotatable bonds is 8. The average molecular weight is 263 g/mol. The second kappa shape index (κ2) is 7.27. The van der Waals surface area contributed by atoms with E-state index in [4.69, 9.17) is 9.05 Å². The van der Waals surface area contributed by atoms with Gasteiger partial charge in [-0.25, -0.2) is 0 Å². The molecule has 1 saturated heterocycles. The Labute approximate surface area is 103 Å². The molecule has 0 amide bonds. The summed E-state index contributed by atoms with van der Waals surface area (Å²) < 4.78 is 22.1. The van der Waals surface area contributed by atoms with Gasteiger partial charge in [-0.1, -0.05) is 6.42 Å². The third-order valence-electron chi connectivity index (χ3n) is 2.64. The minimum atomic E-state index is -2.83. The zero-order valence-electron chi connectivity index (χ0n) is 10.7. The minimum absolute atomic E-state index is 0.246. The molecule has 5 nitrogen and oxygen atoms in total. The van der Waals surface area contributed by atoms with Gasteiger partial charge in [0.1, 0.15) is 12.1 Å². The summed E-state index contributed by atoms with van der Waals surface area (Å²) in [6, 6.07) is 0. The third-order valence-corrected chi connectivity index (χ3v) is 4.62. The van der Waals surface area contributed by atoms with E-state index >= 15 is 0 Å². The highest BCUT2D eigenvalue weighted by molar-refractivity contribution is 7.53. The van der Waals surface area contributed by atoms with Crippen LogP contribution >= 0.6 is 7.60 Å². The second-order valence-electron chi connectivity index (χ2n) is 4.51. The smallest absolute Gasteiger partial charge is 0.305 e. The average Bonchev–Trinajstić information content (AvgIpc) is 2.63. The summed E-state index contributed by atoms with van der Waals surface area (Å²) in [6.45, 7) is 3.34. The lowest BCUT2D eigenvalue weighted by Gasteiger charge is -2.19. The maximum absolute atomic E-state index is 11.9. The number of carbonyl (C=O) groups is 1. The zero-order valence-corrected chi connectivity index (χ0v) is 11.6. The predicted molar refractivity (Wildman–Crippen MR) is 66.2 cm³/mol. The van der Waals surface area contributed by atoms with Gasteiger partial charge >= 0.3 is 7.60 Å². The molecular weight excluding hydrogens is 241 g/mol. The largest absolute Gasteiger partial charge is 0.344 e. The molecular formula is C11H22NO4P. The highest BCUT2D eigenvalue weighted by Crippen LogP contribution is 2.51. The van der Waals surface area contributed by atoms with Gasteiger partial charge in [0, 0.05) is 6.42 Å². The van der Waals surface area contributed by atoms with Crippen LogP contribution in [0.15, 0.2) is 0 Å². The summed E-state index contributed by atoms with van der Waals surface area (Å²) in [5.41, 5.74) is 0. The number of carbonyl (C=O) groups excluding carboxylic acids is 1. The van der Waals surface area contributed by atoms with Crippen molar-refractivity contribution in [3.63, 3.8) is 0 Å². The van der Waals surface area contributed by atoms with Crippen LogP contribution in [-0.2, 0) is 18.4 Å². The van der Waals surface area contributed by atoms with Crippen molar-refractivity contribution in [2.75, 3.05) is 33.1 Å². The molecule has 0 aromatic heterocycles. The molecule has 0 aromatic rings. The van der Waals surface area contributed by atoms with Crippen molar-refractivity contribution in [1.82, 2.24) is 4.90 Å². The van der Waals surface area contributed by atoms with Gasteiger partial charge in [-0.15, -0.1) is 0 Å². The summed E-state index contributed by atoms with van der Waals surface area (Å²) in [5.74, 6) is 0.246. The number of hydrogen-bond donors (Lipinski definition) is 0. The van der Waals surface area contributed by atoms with Gasteiger partial charge in [0.2, 0.25) is 0 Å². The molecule has 0 radical (unpaired) electrons. The third kappa shape index (κ3) is 6.32. The molecule has 0 unspecified atom stereocenters. The van der Waals surface area contributed by atoms with Gasteiger partial charge in [-0.2, -0.15) is 0 Å². The quantitative estimate of drug-likeness (QED) is 0.496. The molecule has 0 saturated carbocycles. The van der Waals surface area contributed by atoms with Crippen LogP contribution in [0.4, 0.5) is 0 Å². The van der Waals surface area contributed by atoms with Crippen molar-refractivity contribution in [2.45, 2.75) is 32.6 Å². The van der Waals surface area contributed by atoms with Gasteiger partial charge in [-0.3, -0.25) is 9.46 Å². The Hall–Kier alpha value is -0.220. The van der Waals surface area contributed by atoms with Gasteiger partial charge in [0.05, 0.1) is 13.2 Å². The highest BCUT2D eigenvalue weighted by Gasteiger charge is 2.30. The normalized spacial score (nSPS) is 18.8. The topological polar surface area (TPSA) is 55.8 Å². The van der Waals surface area contributed by atoms with E-state index in [0.717, 1.165) is 25.8 Å². The van der Waals surface area contributed by atoms with E-state index in [9.17, 15) is 9.36 Å². The van der Waals surface area contributed by atoms with E-state index in [1.807, 2.05) is 11.9 Å². The maximum atomic E-state index is 11.9. The van der Waals surface area contributed by atoms with Crippen LogP contribution in [0, 0.1) is 0 Å². The van der Waals surface area contributed by atoms with Crippen LogP contribution < -0.4 is 0 Å². The van der Waals surface area contributed by atoms with Crippen LogP contribution in [0.1, 0.15) is 32.6 Å². The molecule has 0 aliphatic carbocycles. The Balaban J connectivity index is 2.07. The summed E-state index contributed by atoms with van der Waals surface area (Å²) in [7, 11) is -0.913. The number of nitrogens with zero attached hydrogens (tertiary/aromatic N) is 1. The fraction of sp³-hybridized carbons (Fsp3) is 0.909. The van der Waals surface area contributed by atoms with Crippen molar-refractivity contribution in [2.24, 2.45) is 0 Å². The molecule has 1 aliphatic heterocycles. The Bertz CT molecular complexity index is 285. The van der Waals surface area contributed by atoms with E-state index < -0.39 is 7.60 Å². The van der Waals surface area contributed by atoms with Crippen LogP contribution in [0.5, 0.6) is 0 Å². The van der Waals surface area contributed by atoms with Crippen LogP contribution in [0.2, 0.25) is 0 Å². The van der Waals surface area contributed by atoms with Crippen molar-refractivity contribution in [3.8, 4) is 0 Å². The number of unbranched alkanes of at least 4 members (excludes halogenated alkanes) is 2. The molecule has 0 aromatic carbocycles. The highest BCUT2D eigenvalue weighted by atomic mass is 31.2. The van der Waals surface area contributed by atoms with E-state index in [-0.39, 0.29) is 5.78 Å². The van der Waals surface area contributed by atoms with E-state index in [1.54, 1.807) is 6.92 Å². The molecule has 100 valence electrons. The fourth-order valence-electron chi connectivity index (χ4n) is 1.77. The minimum Gasteiger partial charge on any atom is -0.305 e. The Morgan fingerprint density at radius 2 is 1.88 bits per heavy atom. The Kier molecular flexibility index (Phi) is 6.34. The first kappa shape index (κ1) is 14.8. The molecule has 1 rings (SSSR count). The molecule has 0 N–H and O–H groups in total. The van der Waals surface area contributed by atoms with Crippen LogP contribution in [-0.4, -0.2) is 43.8 Å². The lowest BCUT2D eigenvalue weighted by molar-refractivity contribution is -0.117. The van der Waals surface area contributed by atoms with Crippen molar-refractivity contribution in [1.29, 1.82) is 0 Å². The van der Waals surface area contributed by atoms with Gasteiger partial charge in [-0.05, 0) is 33.4 Å². The molecule has 0 bridgehead atoms. The van der Waals surface area contributed by atoms with E-state index in [2.05, 4.69) is 0 Å². The molecule has 0 atom stereocenters. The first-order chi connectivity index (χ1) is 8.02. The van der Waals surface area contributed by atoms with Crippen molar-refractivity contribution >= 4 is 13.4 Å². The first-order valence-electron chi connectivity index (χ1n) is 6.08. The molecule has 17 heavy (non-hydrogen) atoms. The van der Waals surface area contributed by atoms with Crippen molar-refractivity contribution < 1.29 is 18.4 Å². The van der Waals surface area contributed by atoms with Gasteiger partial charge in [0.15, 0.2) is 0 Å². The number of hydrogen-bond acceptors (Lipinski definition) is 5. The van der Waals surface area contributed by atoms with Crippen LogP contribution in [0.3, 0.4) is 0 Å². The van der Waals surface area contributed by atoms with Crippen LogP contribution in [0.25, 0.3) is 0 Å². The Morgan fingerprint density at radius 3 is 2.47 bits per heavy atom. The summed E-state index contributed by atoms with van der Waals surface area (Å²) in [5, 5.41) is 0. The van der Waals surface area contributed by atoms with Gasteiger partial charge < -0.3 is 13.8 Å². The standard InChI is InChI=1S/C11H22NO4P/c1-11(13)6-4-3-5-7-12(2)10-17(14)15-8-9-16-17/h3-10H2,1-2H3. The van der Waals surface area contributed by atoms with Gasteiger partial charge in [0.25, 0.3) is 0 Å². The Morgan fingerprint density at radius 1 is 1.24 bits per heavy atom. The summed E-state index contributed by atoms with van der Waals surface area (Å²) in [6.07, 6.45) is 3.99. The summed E-state index contributed by atoms with van der Waals surface area (Å²) in [4.78, 5) is 12.7. The second-order valence-corrected chi connectivity index (χ2v) is 6.53. The lowest BCUT2D eigenvalue weighted by atomic mass is 10.1.